The fourth-order valence-corrected chi connectivity index (χ4v) is 3.76. The first kappa shape index (κ1) is 18.5. The van der Waals surface area contributed by atoms with Gasteiger partial charge in [-0.1, -0.05) is 11.6 Å². The second kappa shape index (κ2) is 7.16. The maximum absolute atomic E-state index is 13.3. The highest BCUT2D eigenvalue weighted by Crippen LogP contribution is 2.42. The van der Waals surface area contributed by atoms with Crippen molar-refractivity contribution in [1.29, 1.82) is 0 Å². The Hall–Kier alpha value is -2.26. The topological polar surface area (TPSA) is 98.2 Å². The number of nitrogens with one attached hydrogen (secondary N) is 1. The summed E-state index contributed by atoms with van der Waals surface area (Å²) in [5.41, 5.74) is 0.498. The number of carbonyl (C=O) groups excluding carboxylic acids is 1. The fourth-order valence-electron chi connectivity index (χ4n) is 2.39. The lowest BCUT2D eigenvalue weighted by Crippen LogP contribution is -2.32. The third-order valence-electron chi connectivity index (χ3n) is 3.80. The van der Waals surface area contributed by atoms with E-state index in [9.17, 15) is 17.6 Å². The standard InChI is InChI=1S/C16H15ClFN3O4S/c1-25-14-7-13(19-20-15(14)9-2-3-9)16(22)21-26(23,24)8-10-6-11(18)4-5-12(10)17/h4-7,9H,2-3,8H2,1H3,(H,21,22). The van der Waals surface area contributed by atoms with Crippen molar-refractivity contribution in [3.8, 4) is 5.75 Å². The van der Waals surface area contributed by atoms with E-state index in [1.165, 1.54) is 19.2 Å². The Morgan fingerprint density at radius 3 is 2.73 bits per heavy atom. The van der Waals surface area contributed by atoms with Crippen molar-refractivity contribution < 1.29 is 22.3 Å². The zero-order valence-corrected chi connectivity index (χ0v) is 15.3. The molecule has 26 heavy (non-hydrogen) atoms. The first-order valence-corrected chi connectivity index (χ1v) is 9.72. The molecule has 1 aliphatic carbocycles. The second-order valence-corrected chi connectivity index (χ2v) is 8.01. The first-order valence-electron chi connectivity index (χ1n) is 7.69. The lowest BCUT2D eigenvalue weighted by Gasteiger charge is -2.10. The van der Waals surface area contributed by atoms with Gasteiger partial charge in [0.1, 0.15) is 17.3 Å². The van der Waals surface area contributed by atoms with Gasteiger partial charge < -0.3 is 4.74 Å². The van der Waals surface area contributed by atoms with E-state index in [-0.39, 0.29) is 22.2 Å². The van der Waals surface area contributed by atoms with Gasteiger partial charge >= 0.3 is 0 Å². The number of benzene rings is 1. The van der Waals surface area contributed by atoms with Gasteiger partial charge in [0.15, 0.2) is 5.69 Å². The van der Waals surface area contributed by atoms with Gasteiger partial charge in [0, 0.05) is 17.0 Å². The quantitative estimate of drug-likeness (QED) is 0.801. The van der Waals surface area contributed by atoms with Crippen LogP contribution in [-0.4, -0.2) is 31.6 Å². The molecular weight excluding hydrogens is 385 g/mol. The molecule has 7 nitrogen and oxygen atoms in total. The molecule has 0 saturated heterocycles. The number of amides is 1. The molecule has 0 radical (unpaired) electrons. The van der Waals surface area contributed by atoms with Crippen molar-refractivity contribution in [2.45, 2.75) is 24.5 Å². The van der Waals surface area contributed by atoms with Crippen LogP contribution in [0.3, 0.4) is 0 Å². The van der Waals surface area contributed by atoms with Crippen LogP contribution in [-0.2, 0) is 15.8 Å². The highest BCUT2D eigenvalue weighted by molar-refractivity contribution is 7.89. The molecule has 0 aliphatic heterocycles. The number of hydrogen-bond acceptors (Lipinski definition) is 6. The van der Waals surface area contributed by atoms with E-state index >= 15 is 0 Å². The number of carbonyl (C=O) groups is 1. The van der Waals surface area contributed by atoms with Crippen molar-refractivity contribution >= 4 is 27.5 Å². The SMILES string of the molecule is COc1cc(C(=O)NS(=O)(=O)Cc2cc(F)ccc2Cl)nnc1C1CC1. The Morgan fingerprint density at radius 2 is 2.08 bits per heavy atom. The number of ether oxygens (including phenoxy) is 1. The van der Waals surface area contributed by atoms with Gasteiger partial charge in [-0.15, -0.1) is 5.10 Å². The van der Waals surface area contributed by atoms with Crippen LogP contribution in [0, 0.1) is 5.82 Å². The monoisotopic (exact) mass is 399 g/mol. The molecule has 1 heterocycles. The number of halogens is 2. The number of rotatable bonds is 6. The van der Waals surface area contributed by atoms with Crippen molar-refractivity contribution in [2.75, 3.05) is 7.11 Å². The zero-order chi connectivity index (χ0) is 18.9. The molecule has 0 atom stereocenters. The lowest BCUT2D eigenvalue weighted by atomic mass is 10.2. The molecule has 0 spiro atoms. The Balaban J connectivity index is 1.77. The molecule has 1 aliphatic rings. The van der Waals surface area contributed by atoms with E-state index in [2.05, 4.69) is 10.2 Å². The first-order chi connectivity index (χ1) is 12.3. The molecule has 2 aromatic rings. The van der Waals surface area contributed by atoms with Crippen LogP contribution in [0.2, 0.25) is 5.02 Å². The van der Waals surface area contributed by atoms with Gasteiger partial charge in [0.05, 0.1) is 12.9 Å². The van der Waals surface area contributed by atoms with Crippen molar-refractivity contribution in [2.24, 2.45) is 0 Å². The summed E-state index contributed by atoms with van der Waals surface area (Å²) in [5, 5.41) is 7.83. The minimum absolute atomic E-state index is 0.0414. The number of nitrogens with zero attached hydrogens (tertiary/aromatic N) is 2. The molecule has 1 aromatic heterocycles. The van der Waals surface area contributed by atoms with Crippen LogP contribution >= 0.6 is 11.6 Å². The maximum atomic E-state index is 13.3. The summed E-state index contributed by atoms with van der Waals surface area (Å²) in [6, 6.07) is 4.71. The van der Waals surface area contributed by atoms with Crippen molar-refractivity contribution in [3.63, 3.8) is 0 Å². The Kier molecular flexibility index (Phi) is 5.10. The molecular formula is C16H15ClFN3O4S. The Morgan fingerprint density at radius 1 is 1.35 bits per heavy atom. The van der Waals surface area contributed by atoms with Crippen LogP contribution in [0.4, 0.5) is 4.39 Å². The van der Waals surface area contributed by atoms with Gasteiger partial charge in [-0.3, -0.25) is 4.79 Å². The molecule has 3 rings (SSSR count). The summed E-state index contributed by atoms with van der Waals surface area (Å²) in [6.45, 7) is 0. The van der Waals surface area contributed by atoms with E-state index in [1.807, 2.05) is 4.72 Å². The van der Waals surface area contributed by atoms with E-state index in [0.717, 1.165) is 25.0 Å². The van der Waals surface area contributed by atoms with Gasteiger partial charge in [-0.05, 0) is 36.6 Å². The van der Waals surface area contributed by atoms with E-state index in [0.29, 0.717) is 11.4 Å². The van der Waals surface area contributed by atoms with Crippen LogP contribution in [0.25, 0.3) is 0 Å². The van der Waals surface area contributed by atoms with Crippen molar-refractivity contribution in [1.82, 2.24) is 14.9 Å². The number of methoxy groups -OCH3 is 1. The normalized spacial score (nSPS) is 14.1. The summed E-state index contributed by atoms with van der Waals surface area (Å²) >= 11 is 5.87. The number of aromatic nitrogens is 2. The largest absolute Gasteiger partial charge is 0.495 e. The summed E-state index contributed by atoms with van der Waals surface area (Å²) < 4.78 is 44.7. The molecule has 1 fully saturated rings. The fraction of sp³-hybridized carbons (Fsp3) is 0.312. The Bertz CT molecular complexity index is 964. The van der Waals surface area contributed by atoms with Gasteiger partial charge in [0.25, 0.3) is 5.91 Å². The molecule has 0 unspecified atom stereocenters. The van der Waals surface area contributed by atoms with E-state index in [4.69, 9.17) is 16.3 Å². The number of hydrogen-bond donors (Lipinski definition) is 1. The molecule has 1 aromatic carbocycles. The molecule has 1 amide bonds. The molecule has 0 bridgehead atoms. The Labute approximate surface area is 154 Å². The van der Waals surface area contributed by atoms with E-state index in [1.54, 1.807) is 0 Å². The predicted octanol–water partition coefficient (Wildman–Crippen LogP) is 2.41. The maximum Gasteiger partial charge on any atom is 0.285 e. The van der Waals surface area contributed by atoms with Crippen molar-refractivity contribution in [3.05, 3.63) is 52.1 Å². The third kappa shape index (κ3) is 4.28. The second-order valence-electron chi connectivity index (χ2n) is 5.88. The van der Waals surface area contributed by atoms with Gasteiger partial charge in [-0.25, -0.2) is 17.5 Å². The molecule has 138 valence electrons. The third-order valence-corrected chi connectivity index (χ3v) is 5.36. The minimum atomic E-state index is -4.11. The van der Waals surface area contributed by atoms with E-state index < -0.39 is 27.5 Å². The van der Waals surface area contributed by atoms with Gasteiger partial charge in [0.2, 0.25) is 10.0 Å². The number of sulfonamides is 1. The highest BCUT2D eigenvalue weighted by atomic mass is 35.5. The smallest absolute Gasteiger partial charge is 0.285 e. The highest BCUT2D eigenvalue weighted by Gasteiger charge is 2.30. The lowest BCUT2D eigenvalue weighted by molar-refractivity contribution is 0.0975. The summed E-state index contributed by atoms with van der Waals surface area (Å²) in [6.07, 6.45) is 1.94. The van der Waals surface area contributed by atoms with Gasteiger partial charge in [-0.2, -0.15) is 5.10 Å². The van der Waals surface area contributed by atoms with Crippen LogP contribution < -0.4 is 9.46 Å². The average Bonchev–Trinajstić information content (AvgIpc) is 3.41. The summed E-state index contributed by atoms with van der Waals surface area (Å²) in [7, 11) is -2.68. The minimum Gasteiger partial charge on any atom is -0.495 e. The molecule has 1 saturated carbocycles. The summed E-state index contributed by atoms with van der Waals surface area (Å²) in [5.74, 6) is -1.59. The zero-order valence-electron chi connectivity index (χ0n) is 13.7. The van der Waals surface area contributed by atoms with Crippen LogP contribution in [0.5, 0.6) is 5.75 Å². The molecule has 10 heteroatoms. The molecule has 1 N–H and O–H groups in total. The predicted molar refractivity (Wildman–Crippen MR) is 92.1 cm³/mol. The average molecular weight is 400 g/mol. The van der Waals surface area contributed by atoms with Crippen LogP contribution in [0.1, 0.15) is 40.5 Å². The summed E-state index contributed by atoms with van der Waals surface area (Å²) in [4.78, 5) is 12.2. The van der Waals surface area contributed by atoms with Crippen LogP contribution in [0.15, 0.2) is 24.3 Å².